The molecule has 0 spiro atoms. The van der Waals surface area contributed by atoms with Crippen LogP contribution in [0.25, 0.3) is 0 Å². The van der Waals surface area contributed by atoms with Crippen LogP contribution in [0.4, 0.5) is 0 Å². The van der Waals surface area contributed by atoms with E-state index in [2.05, 4.69) is 15.6 Å². The first kappa shape index (κ1) is 22.8. The Morgan fingerprint density at radius 3 is 2.41 bits per heavy atom. The van der Waals surface area contributed by atoms with E-state index in [0.717, 1.165) is 11.3 Å². The third kappa shape index (κ3) is 9.83. The van der Waals surface area contributed by atoms with Crippen LogP contribution in [0.15, 0.2) is 29.3 Å². The van der Waals surface area contributed by atoms with Gasteiger partial charge in [-0.05, 0) is 31.0 Å². The molecule has 0 radical (unpaired) electrons. The second-order valence-electron chi connectivity index (χ2n) is 6.62. The first-order valence-electron chi connectivity index (χ1n) is 8.66. The minimum Gasteiger partial charge on any atom is -0.497 e. The van der Waals surface area contributed by atoms with Gasteiger partial charge in [-0.15, -0.1) is 0 Å². The maximum Gasteiger partial charge on any atom is 0.241 e. The summed E-state index contributed by atoms with van der Waals surface area (Å²) in [5, 5.41) is 6.15. The Kier molecular flexibility index (Phi) is 9.07. The predicted octanol–water partition coefficient (Wildman–Crippen LogP) is 0.642. The lowest BCUT2D eigenvalue weighted by Crippen LogP contribution is -2.46. The van der Waals surface area contributed by atoms with E-state index in [9.17, 15) is 13.2 Å². The number of aliphatic imine (C=N–C) groups is 1. The molecule has 0 aliphatic carbocycles. The zero-order chi connectivity index (χ0) is 20.4. The standard InChI is InChI=1S/C18H30N4O4S/c1-14(10-11-27(5,24)25)21-18(20-13-17(23)22(2)3)19-12-15-6-8-16(26-4)9-7-15/h6-9,14H,10-13H2,1-5H3,(H2,19,20,21). The summed E-state index contributed by atoms with van der Waals surface area (Å²) in [5.74, 6) is 1.23. The van der Waals surface area contributed by atoms with Crippen LogP contribution in [-0.2, 0) is 21.2 Å². The van der Waals surface area contributed by atoms with Gasteiger partial charge in [0.05, 0.1) is 26.0 Å². The summed E-state index contributed by atoms with van der Waals surface area (Å²) in [6, 6.07) is 7.43. The Hall–Kier alpha value is -2.29. The van der Waals surface area contributed by atoms with E-state index in [0.29, 0.717) is 18.9 Å². The van der Waals surface area contributed by atoms with Gasteiger partial charge in [0, 0.05) is 26.4 Å². The molecule has 1 amide bonds. The van der Waals surface area contributed by atoms with Gasteiger partial charge in [-0.2, -0.15) is 0 Å². The fourth-order valence-corrected chi connectivity index (χ4v) is 2.85. The lowest BCUT2D eigenvalue weighted by molar-refractivity contribution is -0.127. The molecule has 0 saturated heterocycles. The molecule has 9 heteroatoms. The molecule has 0 aliphatic rings. The number of carbonyl (C=O) groups is 1. The highest BCUT2D eigenvalue weighted by molar-refractivity contribution is 7.90. The molecule has 1 aromatic carbocycles. The fraction of sp³-hybridized carbons (Fsp3) is 0.556. The monoisotopic (exact) mass is 398 g/mol. The number of methoxy groups -OCH3 is 1. The van der Waals surface area contributed by atoms with Gasteiger partial charge >= 0.3 is 0 Å². The van der Waals surface area contributed by atoms with E-state index < -0.39 is 9.84 Å². The van der Waals surface area contributed by atoms with Crippen LogP contribution in [0, 0.1) is 0 Å². The van der Waals surface area contributed by atoms with Crippen molar-refractivity contribution in [1.29, 1.82) is 0 Å². The van der Waals surface area contributed by atoms with E-state index >= 15 is 0 Å². The Bertz CT molecular complexity index is 730. The Morgan fingerprint density at radius 1 is 1.26 bits per heavy atom. The van der Waals surface area contributed by atoms with Crippen molar-refractivity contribution in [1.82, 2.24) is 15.5 Å². The predicted molar refractivity (Wildman–Crippen MR) is 108 cm³/mol. The van der Waals surface area contributed by atoms with Gasteiger partial charge in [-0.25, -0.2) is 13.4 Å². The molecular weight excluding hydrogens is 368 g/mol. The molecule has 0 bridgehead atoms. The van der Waals surface area contributed by atoms with Crippen molar-refractivity contribution in [2.24, 2.45) is 4.99 Å². The van der Waals surface area contributed by atoms with Crippen LogP contribution in [0.1, 0.15) is 18.9 Å². The van der Waals surface area contributed by atoms with Gasteiger partial charge in [0.1, 0.15) is 15.6 Å². The zero-order valence-corrected chi connectivity index (χ0v) is 17.5. The summed E-state index contributed by atoms with van der Waals surface area (Å²) in [6.07, 6.45) is 1.66. The minimum absolute atomic E-state index is 0.0854. The molecule has 1 unspecified atom stereocenters. The van der Waals surface area contributed by atoms with Crippen molar-refractivity contribution >= 4 is 21.7 Å². The van der Waals surface area contributed by atoms with Crippen molar-refractivity contribution < 1.29 is 17.9 Å². The summed E-state index contributed by atoms with van der Waals surface area (Å²) in [4.78, 5) is 17.8. The number of likely N-dealkylation sites (N-methyl/N-ethyl adjacent to an activating group) is 1. The average molecular weight is 399 g/mol. The van der Waals surface area contributed by atoms with Gasteiger partial charge in [-0.1, -0.05) is 12.1 Å². The highest BCUT2D eigenvalue weighted by Crippen LogP contribution is 2.11. The van der Waals surface area contributed by atoms with Crippen molar-refractivity contribution in [2.75, 3.05) is 39.8 Å². The lowest BCUT2D eigenvalue weighted by Gasteiger charge is -2.19. The van der Waals surface area contributed by atoms with Crippen LogP contribution in [0.2, 0.25) is 0 Å². The molecule has 0 aliphatic heterocycles. The number of hydrogen-bond donors (Lipinski definition) is 2. The summed E-state index contributed by atoms with van der Waals surface area (Å²) in [6.45, 7) is 2.39. The van der Waals surface area contributed by atoms with Gasteiger partial charge < -0.3 is 20.3 Å². The van der Waals surface area contributed by atoms with Gasteiger partial charge in [-0.3, -0.25) is 4.79 Å². The minimum atomic E-state index is -3.03. The molecule has 0 fully saturated rings. The van der Waals surface area contributed by atoms with Crippen LogP contribution in [0.5, 0.6) is 5.75 Å². The second-order valence-corrected chi connectivity index (χ2v) is 8.88. The van der Waals surface area contributed by atoms with Gasteiger partial charge in [0.25, 0.3) is 0 Å². The number of ether oxygens (including phenoxy) is 1. The Morgan fingerprint density at radius 2 is 1.89 bits per heavy atom. The summed E-state index contributed by atoms with van der Waals surface area (Å²) >= 11 is 0. The first-order valence-corrected chi connectivity index (χ1v) is 10.7. The molecule has 8 nitrogen and oxygen atoms in total. The molecule has 152 valence electrons. The van der Waals surface area contributed by atoms with Crippen molar-refractivity contribution in [3.63, 3.8) is 0 Å². The molecular formula is C18H30N4O4S. The van der Waals surface area contributed by atoms with E-state index in [-0.39, 0.29) is 24.2 Å². The molecule has 0 aromatic heterocycles. The van der Waals surface area contributed by atoms with Gasteiger partial charge in [0.15, 0.2) is 5.96 Å². The van der Waals surface area contributed by atoms with E-state index in [4.69, 9.17) is 4.74 Å². The summed E-state index contributed by atoms with van der Waals surface area (Å²) in [7, 11) is 1.94. The summed E-state index contributed by atoms with van der Waals surface area (Å²) < 4.78 is 27.8. The zero-order valence-electron chi connectivity index (χ0n) is 16.7. The highest BCUT2D eigenvalue weighted by atomic mass is 32.2. The number of guanidine groups is 1. The van der Waals surface area contributed by atoms with Crippen LogP contribution < -0.4 is 15.4 Å². The molecule has 0 heterocycles. The van der Waals surface area contributed by atoms with Crippen LogP contribution >= 0.6 is 0 Å². The number of sulfone groups is 1. The number of benzene rings is 1. The molecule has 27 heavy (non-hydrogen) atoms. The second kappa shape index (κ2) is 10.8. The number of amides is 1. The molecule has 0 saturated carbocycles. The molecule has 1 rings (SSSR count). The molecule has 1 atom stereocenters. The smallest absolute Gasteiger partial charge is 0.241 e. The van der Waals surface area contributed by atoms with Crippen LogP contribution in [0.3, 0.4) is 0 Å². The Balaban J connectivity index is 2.76. The topological polar surface area (TPSA) is 100 Å². The Labute approximate surface area is 161 Å². The third-order valence-electron chi connectivity index (χ3n) is 3.79. The quantitative estimate of drug-likeness (QED) is 0.468. The largest absolute Gasteiger partial charge is 0.497 e. The number of nitrogens with zero attached hydrogens (tertiary/aromatic N) is 2. The van der Waals surface area contributed by atoms with Crippen molar-refractivity contribution in [3.8, 4) is 5.75 Å². The van der Waals surface area contributed by atoms with E-state index in [1.807, 2.05) is 31.2 Å². The number of carbonyl (C=O) groups excluding carboxylic acids is 1. The highest BCUT2D eigenvalue weighted by Gasteiger charge is 2.11. The van der Waals surface area contributed by atoms with Crippen LogP contribution in [-0.4, -0.2) is 71.0 Å². The molecule has 2 N–H and O–H groups in total. The lowest BCUT2D eigenvalue weighted by atomic mass is 10.2. The average Bonchev–Trinajstić information content (AvgIpc) is 2.61. The van der Waals surface area contributed by atoms with E-state index in [1.54, 1.807) is 21.2 Å². The summed E-state index contributed by atoms with van der Waals surface area (Å²) in [5.41, 5.74) is 0.986. The van der Waals surface area contributed by atoms with Crippen molar-refractivity contribution in [3.05, 3.63) is 29.8 Å². The fourth-order valence-electron chi connectivity index (χ4n) is 2.07. The maximum absolute atomic E-state index is 11.8. The molecule has 1 aromatic rings. The number of rotatable bonds is 9. The first-order chi connectivity index (χ1) is 12.6. The maximum atomic E-state index is 11.8. The van der Waals surface area contributed by atoms with E-state index in [1.165, 1.54) is 11.2 Å². The van der Waals surface area contributed by atoms with Crippen molar-refractivity contribution in [2.45, 2.75) is 25.9 Å². The SMILES string of the molecule is COc1ccc(CN=C(NCC(=O)N(C)C)NC(C)CCS(C)(=O)=O)cc1. The third-order valence-corrected chi connectivity index (χ3v) is 4.77. The normalized spacial score (nSPS) is 13.0. The number of nitrogens with one attached hydrogen (secondary N) is 2. The number of hydrogen-bond acceptors (Lipinski definition) is 5. The van der Waals surface area contributed by atoms with Gasteiger partial charge in [0.2, 0.25) is 5.91 Å².